The molecule has 0 bridgehead atoms. The number of aromatic nitrogens is 2. The maximum absolute atomic E-state index is 14.3. The zero-order valence-corrected chi connectivity index (χ0v) is 16.2. The first kappa shape index (κ1) is 19.2. The Labute approximate surface area is 157 Å². The van der Waals surface area contributed by atoms with E-state index in [0.29, 0.717) is 5.01 Å². The van der Waals surface area contributed by atoms with Gasteiger partial charge in [0.05, 0.1) is 5.02 Å². The maximum atomic E-state index is 14.3. The van der Waals surface area contributed by atoms with Gasteiger partial charge in [-0.3, -0.25) is 4.79 Å². The van der Waals surface area contributed by atoms with Gasteiger partial charge in [0.2, 0.25) is 0 Å². The summed E-state index contributed by atoms with van der Waals surface area (Å²) in [6.07, 6.45) is 1.41. The molecule has 0 aliphatic rings. The Morgan fingerprint density at radius 3 is 2.62 bits per heavy atom. The molecule has 0 unspecified atom stereocenters. The van der Waals surface area contributed by atoms with Crippen LogP contribution < -0.4 is 9.61 Å². The molecule has 4 nitrogen and oxygen atoms in total. The standard InChI is InChI=1S/C15H14Cl3FN2O2S/c1-15(2,3)13-20-21(14(22)24-13)10-7-11(8(16)6-9(10)19)23-5-4-12(17)18/h4,6-7H,5H2,1-3H3. The highest BCUT2D eigenvalue weighted by atomic mass is 35.5. The lowest BCUT2D eigenvalue weighted by molar-refractivity contribution is 0.362. The van der Waals surface area contributed by atoms with Crippen molar-refractivity contribution in [2.45, 2.75) is 26.2 Å². The van der Waals surface area contributed by atoms with Crippen molar-refractivity contribution >= 4 is 46.1 Å². The molecule has 2 rings (SSSR count). The molecular formula is C15H14Cl3FN2O2S. The van der Waals surface area contributed by atoms with Gasteiger partial charge in [-0.05, 0) is 12.1 Å². The number of ether oxygens (including phenoxy) is 1. The summed E-state index contributed by atoms with van der Waals surface area (Å²) in [4.78, 5) is 11.8. The third kappa shape index (κ3) is 4.51. The van der Waals surface area contributed by atoms with E-state index in [2.05, 4.69) is 5.10 Å². The Hall–Kier alpha value is -1.08. The lowest BCUT2D eigenvalue weighted by atomic mass is 9.98. The fraction of sp³-hybridized carbons (Fsp3) is 0.333. The highest BCUT2D eigenvalue weighted by Gasteiger charge is 2.22. The summed E-state index contributed by atoms with van der Waals surface area (Å²) in [6, 6.07) is 2.39. The fourth-order valence-electron chi connectivity index (χ4n) is 1.72. The van der Waals surface area contributed by atoms with E-state index in [-0.39, 0.29) is 33.0 Å². The highest BCUT2D eigenvalue weighted by molar-refractivity contribution is 7.09. The van der Waals surface area contributed by atoms with Crippen molar-refractivity contribution in [1.82, 2.24) is 9.78 Å². The van der Waals surface area contributed by atoms with Crippen LogP contribution in [-0.4, -0.2) is 16.4 Å². The summed E-state index contributed by atoms with van der Waals surface area (Å²) in [5.74, 6) is -0.484. The van der Waals surface area contributed by atoms with Crippen molar-refractivity contribution in [3.05, 3.63) is 48.2 Å². The third-order valence-corrected chi connectivity index (χ3v) is 4.73. The minimum atomic E-state index is -0.675. The Kier molecular flexibility index (Phi) is 5.96. The number of halogens is 4. The molecule has 0 atom stereocenters. The second kappa shape index (κ2) is 7.44. The van der Waals surface area contributed by atoms with Crippen molar-refractivity contribution in [1.29, 1.82) is 0 Å². The molecule has 24 heavy (non-hydrogen) atoms. The molecule has 0 radical (unpaired) electrons. The van der Waals surface area contributed by atoms with Crippen LogP contribution in [0, 0.1) is 5.82 Å². The molecule has 0 fully saturated rings. The predicted molar refractivity (Wildman–Crippen MR) is 96.7 cm³/mol. The molecule has 1 heterocycles. The summed E-state index contributed by atoms with van der Waals surface area (Å²) in [6.45, 7) is 5.81. The maximum Gasteiger partial charge on any atom is 0.329 e. The van der Waals surface area contributed by atoms with Gasteiger partial charge in [0.15, 0.2) is 5.82 Å². The van der Waals surface area contributed by atoms with E-state index in [1.807, 2.05) is 20.8 Å². The van der Waals surface area contributed by atoms with Crippen LogP contribution in [0.25, 0.3) is 5.69 Å². The second-order valence-electron chi connectivity index (χ2n) is 5.87. The van der Waals surface area contributed by atoms with Gasteiger partial charge in [-0.1, -0.05) is 66.9 Å². The van der Waals surface area contributed by atoms with Gasteiger partial charge < -0.3 is 4.74 Å². The largest absolute Gasteiger partial charge is 0.488 e. The summed E-state index contributed by atoms with van der Waals surface area (Å²) in [5, 5.41) is 4.88. The number of rotatable bonds is 4. The molecule has 9 heteroatoms. The Bertz CT molecular complexity index is 836. The van der Waals surface area contributed by atoms with E-state index in [1.165, 1.54) is 12.1 Å². The molecular weight excluding hydrogens is 398 g/mol. The zero-order valence-electron chi connectivity index (χ0n) is 13.1. The topological polar surface area (TPSA) is 44.1 Å². The van der Waals surface area contributed by atoms with Crippen LogP contribution in [0.2, 0.25) is 5.02 Å². The van der Waals surface area contributed by atoms with Gasteiger partial charge in [0, 0.05) is 11.5 Å². The first-order valence-electron chi connectivity index (χ1n) is 6.83. The lowest BCUT2D eigenvalue weighted by Gasteiger charge is -2.13. The van der Waals surface area contributed by atoms with Crippen molar-refractivity contribution in [2.24, 2.45) is 0 Å². The number of nitrogens with zero attached hydrogens (tertiary/aromatic N) is 2. The van der Waals surface area contributed by atoms with E-state index in [1.54, 1.807) is 0 Å². The van der Waals surface area contributed by atoms with Crippen LogP contribution >= 0.6 is 46.1 Å². The zero-order chi connectivity index (χ0) is 18.1. The monoisotopic (exact) mass is 410 g/mol. The average molecular weight is 412 g/mol. The van der Waals surface area contributed by atoms with Gasteiger partial charge in [-0.15, -0.1) is 0 Å². The molecule has 0 spiro atoms. The highest BCUT2D eigenvalue weighted by Crippen LogP contribution is 2.30. The average Bonchev–Trinajstić information content (AvgIpc) is 2.83. The van der Waals surface area contributed by atoms with Gasteiger partial charge in [-0.25, -0.2) is 4.39 Å². The van der Waals surface area contributed by atoms with Crippen LogP contribution in [0.15, 0.2) is 27.5 Å². The third-order valence-electron chi connectivity index (χ3n) is 2.90. The summed E-state index contributed by atoms with van der Waals surface area (Å²) in [5.41, 5.74) is -0.355. The first-order valence-corrected chi connectivity index (χ1v) is 8.78. The van der Waals surface area contributed by atoms with Gasteiger partial charge >= 0.3 is 4.87 Å². The van der Waals surface area contributed by atoms with E-state index >= 15 is 0 Å². The summed E-state index contributed by atoms with van der Waals surface area (Å²) in [7, 11) is 0. The van der Waals surface area contributed by atoms with Gasteiger partial charge in [0.1, 0.15) is 27.5 Å². The van der Waals surface area contributed by atoms with Crippen molar-refractivity contribution < 1.29 is 9.13 Å². The molecule has 0 N–H and O–H groups in total. The minimum Gasteiger partial charge on any atom is -0.488 e. The van der Waals surface area contributed by atoms with Crippen LogP contribution in [0.3, 0.4) is 0 Å². The first-order chi connectivity index (χ1) is 11.1. The second-order valence-corrected chi connectivity index (χ2v) is 8.23. The van der Waals surface area contributed by atoms with Crippen LogP contribution in [0.4, 0.5) is 4.39 Å². The SMILES string of the molecule is CC(C)(C)c1nn(-c2cc(OCC=C(Cl)Cl)c(Cl)cc2F)c(=O)s1. The molecule has 2 aromatic rings. The molecule has 0 aliphatic carbocycles. The van der Waals surface area contributed by atoms with Gasteiger partial charge in [0.25, 0.3) is 0 Å². The number of hydrogen-bond acceptors (Lipinski definition) is 4. The van der Waals surface area contributed by atoms with Crippen LogP contribution in [0.1, 0.15) is 25.8 Å². The lowest BCUT2D eigenvalue weighted by Crippen LogP contribution is -2.15. The molecule has 0 amide bonds. The quantitative estimate of drug-likeness (QED) is 0.704. The molecule has 1 aromatic heterocycles. The molecule has 0 saturated heterocycles. The predicted octanol–water partition coefficient (Wildman–Crippen LogP) is 5.08. The molecule has 0 aliphatic heterocycles. The van der Waals surface area contributed by atoms with Crippen molar-refractivity contribution in [3.8, 4) is 11.4 Å². The number of hydrogen-bond donors (Lipinski definition) is 0. The smallest absolute Gasteiger partial charge is 0.329 e. The molecule has 130 valence electrons. The van der Waals surface area contributed by atoms with E-state index in [9.17, 15) is 9.18 Å². The summed E-state index contributed by atoms with van der Waals surface area (Å²) >= 11 is 17.9. The Balaban J connectivity index is 2.46. The van der Waals surface area contributed by atoms with E-state index < -0.39 is 10.7 Å². The minimum absolute atomic E-state index is 0.0351. The Morgan fingerprint density at radius 2 is 2.08 bits per heavy atom. The fourth-order valence-corrected chi connectivity index (χ4v) is 2.87. The normalized spacial score (nSPS) is 11.5. The van der Waals surface area contributed by atoms with E-state index in [4.69, 9.17) is 39.5 Å². The van der Waals surface area contributed by atoms with Crippen molar-refractivity contribution in [2.75, 3.05) is 6.61 Å². The molecule has 1 aromatic carbocycles. The number of benzene rings is 1. The van der Waals surface area contributed by atoms with Crippen LogP contribution in [0.5, 0.6) is 5.75 Å². The Morgan fingerprint density at radius 1 is 1.42 bits per heavy atom. The summed E-state index contributed by atoms with van der Waals surface area (Å²) < 4.78 is 20.7. The van der Waals surface area contributed by atoms with Crippen LogP contribution in [-0.2, 0) is 5.41 Å². The molecule has 0 saturated carbocycles. The van der Waals surface area contributed by atoms with Crippen molar-refractivity contribution in [3.63, 3.8) is 0 Å². The van der Waals surface area contributed by atoms with Gasteiger partial charge in [-0.2, -0.15) is 9.78 Å². The van der Waals surface area contributed by atoms with E-state index in [0.717, 1.165) is 22.1 Å².